The molecule has 4 aromatic rings. The lowest BCUT2D eigenvalue weighted by Gasteiger charge is -2.00. The van der Waals surface area contributed by atoms with E-state index in [2.05, 4.69) is 4.98 Å². The Labute approximate surface area is 147 Å². The molecule has 0 spiro atoms. The molecule has 2 aromatic heterocycles. The zero-order valence-electron chi connectivity index (χ0n) is 13.6. The first-order chi connectivity index (χ1) is 12.2. The summed E-state index contributed by atoms with van der Waals surface area (Å²) in [4.78, 5) is 17.3. The molecule has 0 fully saturated rings. The third kappa shape index (κ3) is 2.78. The molecule has 0 N–H and O–H groups in total. The van der Waals surface area contributed by atoms with Gasteiger partial charge in [0.05, 0.1) is 23.3 Å². The van der Waals surface area contributed by atoms with Gasteiger partial charge >= 0.3 is 5.69 Å². The highest BCUT2D eigenvalue weighted by Gasteiger charge is 2.13. The third-order valence-corrected chi connectivity index (χ3v) is 5.14. The van der Waals surface area contributed by atoms with E-state index in [1.54, 1.807) is 21.3 Å². The molecule has 2 aromatic carbocycles. The Morgan fingerprint density at radius 1 is 1.04 bits per heavy atom. The molecule has 4 nitrogen and oxygen atoms in total. The summed E-state index contributed by atoms with van der Waals surface area (Å²) in [6, 6.07) is 14.1. The number of thiazole rings is 1. The molecule has 0 aliphatic heterocycles. The van der Waals surface area contributed by atoms with Crippen molar-refractivity contribution in [2.75, 3.05) is 0 Å². The van der Waals surface area contributed by atoms with Gasteiger partial charge in [-0.2, -0.15) is 0 Å². The van der Waals surface area contributed by atoms with Crippen molar-refractivity contribution >= 4 is 22.4 Å². The predicted octanol–water partition coefficient (Wildman–Crippen LogP) is 4.13. The Kier molecular flexibility index (Phi) is 3.97. The van der Waals surface area contributed by atoms with Crippen LogP contribution in [0.25, 0.3) is 21.6 Å². The highest BCUT2D eigenvalue weighted by atomic mass is 32.1. The smallest absolute Gasteiger partial charge is 0.292 e. The summed E-state index contributed by atoms with van der Waals surface area (Å²) in [5, 5.41) is 2.77. The van der Waals surface area contributed by atoms with E-state index in [1.807, 2.05) is 36.6 Å². The summed E-state index contributed by atoms with van der Waals surface area (Å²) < 4.78 is 16.6. The summed E-state index contributed by atoms with van der Waals surface area (Å²) >= 11 is 1.50. The van der Waals surface area contributed by atoms with Gasteiger partial charge in [-0.15, -0.1) is 11.3 Å². The Morgan fingerprint density at radius 2 is 1.72 bits per heavy atom. The van der Waals surface area contributed by atoms with E-state index < -0.39 is 0 Å². The minimum atomic E-state index is -0.264. The lowest BCUT2D eigenvalue weighted by molar-refractivity contribution is 0.628. The van der Waals surface area contributed by atoms with Gasteiger partial charge in [0.1, 0.15) is 10.8 Å². The zero-order valence-corrected chi connectivity index (χ0v) is 14.5. The number of nitrogens with zero attached hydrogens (tertiary/aromatic N) is 3. The first-order valence-electron chi connectivity index (χ1n) is 8.06. The molecule has 0 saturated carbocycles. The highest BCUT2D eigenvalue weighted by Crippen LogP contribution is 2.24. The molecule has 0 saturated heterocycles. The van der Waals surface area contributed by atoms with E-state index in [9.17, 15) is 9.18 Å². The lowest BCUT2D eigenvalue weighted by Crippen LogP contribution is -2.24. The van der Waals surface area contributed by atoms with E-state index in [0.29, 0.717) is 13.1 Å². The monoisotopic (exact) mass is 353 g/mol. The summed E-state index contributed by atoms with van der Waals surface area (Å²) in [5.41, 5.74) is 3.51. The summed E-state index contributed by atoms with van der Waals surface area (Å²) in [6.45, 7) is 3.02. The second-order valence-electron chi connectivity index (χ2n) is 5.75. The number of para-hydroxylation sites is 2. The van der Waals surface area contributed by atoms with Crippen molar-refractivity contribution < 1.29 is 4.39 Å². The molecular formula is C19H16FN3OS. The van der Waals surface area contributed by atoms with E-state index in [4.69, 9.17) is 0 Å². The van der Waals surface area contributed by atoms with Gasteiger partial charge in [0.15, 0.2) is 0 Å². The van der Waals surface area contributed by atoms with Crippen LogP contribution >= 0.6 is 11.3 Å². The van der Waals surface area contributed by atoms with Gasteiger partial charge in [-0.05, 0) is 43.3 Å². The third-order valence-electron chi connectivity index (χ3n) is 4.20. The van der Waals surface area contributed by atoms with Crippen LogP contribution in [-0.2, 0) is 13.1 Å². The number of fused-ring (bicyclic) bond motifs is 1. The van der Waals surface area contributed by atoms with Gasteiger partial charge in [0, 0.05) is 17.5 Å². The average Bonchev–Trinajstić information content (AvgIpc) is 3.19. The maximum atomic E-state index is 13.1. The van der Waals surface area contributed by atoms with E-state index in [-0.39, 0.29) is 11.5 Å². The van der Waals surface area contributed by atoms with Gasteiger partial charge in [0.2, 0.25) is 0 Å². The Morgan fingerprint density at radius 3 is 2.40 bits per heavy atom. The molecule has 0 amide bonds. The first kappa shape index (κ1) is 15.8. The fraction of sp³-hybridized carbons (Fsp3) is 0.158. The second kappa shape index (κ2) is 6.29. The molecule has 25 heavy (non-hydrogen) atoms. The number of benzene rings is 2. The molecular weight excluding hydrogens is 337 g/mol. The Balaban J connectivity index is 1.72. The first-order valence-corrected chi connectivity index (χ1v) is 8.93. The fourth-order valence-corrected chi connectivity index (χ4v) is 3.81. The van der Waals surface area contributed by atoms with E-state index in [1.165, 1.54) is 23.5 Å². The maximum Gasteiger partial charge on any atom is 0.329 e. The van der Waals surface area contributed by atoms with Crippen molar-refractivity contribution in [1.29, 1.82) is 0 Å². The van der Waals surface area contributed by atoms with Gasteiger partial charge in [-0.3, -0.25) is 9.13 Å². The van der Waals surface area contributed by atoms with Crippen LogP contribution in [0.4, 0.5) is 4.39 Å². The molecule has 2 heterocycles. The summed E-state index contributed by atoms with van der Waals surface area (Å²) in [7, 11) is 0. The van der Waals surface area contributed by atoms with E-state index >= 15 is 0 Å². The fourth-order valence-electron chi connectivity index (χ4n) is 3.00. The Hall–Kier alpha value is -2.73. The molecule has 4 rings (SSSR count). The minimum absolute atomic E-state index is 0.0277. The molecule has 0 aliphatic rings. The number of aromatic nitrogens is 3. The maximum absolute atomic E-state index is 13.1. The summed E-state index contributed by atoms with van der Waals surface area (Å²) in [6.07, 6.45) is 0. The van der Waals surface area contributed by atoms with Crippen LogP contribution in [0, 0.1) is 5.82 Å². The molecule has 0 radical (unpaired) electrons. The van der Waals surface area contributed by atoms with Crippen LogP contribution in [0.1, 0.15) is 12.6 Å². The van der Waals surface area contributed by atoms with Crippen molar-refractivity contribution in [3.05, 3.63) is 75.9 Å². The van der Waals surface area contributed by atoms with Crippen LogP contribution in [-0.4, -0.2) is 14.1 Å². The Bertz CT molecular complexity index is 1090. The number of aryl methyl sites for hydroxylation is 1. The van der Waals surface area contributed by atoms with Crippen LogP contribution in [0.3, 0.4) is 0 Å². The topological polar surface area (TPSA) is 39.8 Å². The van der Waals surface area contributed by atoms with Crippen LogP contribution in [0.15, 0.2) is 58.7 Å². The normalized spacial score (nSPS) is 11.3. The van der Waals surface area contributed by atoms with Crippen molar-refractivity contribution in [1.82, 2.24) is 14.1 Å². The van der Waals surface area contributed by atoms with Crippen molar-refractivity contribution in [2.45, 2.75) is 20.0 Å². The zero-order chi connectivity index (χ0) is 17.4. The number of hydrogen-bond acceptors (Lipinski definition) is 3. The van der Waals surface area contributed by atoms with Gasteiger partial charge < -0.3 is 0 Å². The van der Waals surface area contributed by atoms with Crippen LogP contribution in [0.2, 0.25) is 0 Å². The molecule has 6 heteroatoms. The number of rotatable bonds is 4. The number of hydrogen-bond donors (Lipinski definition) is 0. The minimum Gasteiger partial charge on any atom is -0.292 e. The molecule has 0 bridgehead atoms. The molecule has 126 valence electrons. The lowest BCUT2D eigenvalue weighted by atomic mass is 10.2. The molecule has 0 aliphatic carbocycles. The van der Waals surface area contributed by atoms with Gasteiger partial charge in [-0.25, -0.2) is 14.2 Å². The highest BCUT2D eigenvalue weighted by molar-refractivity contribution is 7.13. The molecule has 0 atom stereocenters. The van der Waals surface area contributed by atoms with Crippen LogP contribution < -0.4 is 5.69 Å². The number of imidazole rings is 1. The molecule has 0 unspecified atom stereocenters. The largest absolute Gasteiger partial charge is 0.329 e. The van der Waals surface area contributed by atoms with Gasteiger partial charge in [-0.1, -0.05) is 12.1 Å². The van der Waals surface area contributed by atoms with Crippen molar-refractivity contribution in [3.63, 3.8) is 0 Å². The number of halogens is 1. The summed E-state index contributed by atoms with van der Waals surface area (Å²) in [5.74, 6) is -0.264. The quantitative estimate of drug-likeness (QED) is 0.553. The van der Waals surface area contributed by atoms with Gasteiger partial charge in [0.25, 0.3) is 0 Å². The van der Waals surface area contributed by atoms with E-state index in [0.717, 1.165) is 27.3 Å². The second-order valence-corrected chi connectivity index (χ2v) is 6.61. The SMILES string of the molecule is CCn1c(=O)n(Cc2csc(-c3ccc(F)cc3)n2)c2ccccc21. The van der Waals surface area contributed by atoms with Crippen LogP contribution in [0.5, 0.6) is 0 Å². The standard InChI is InChI=1S/C19H16FN3OS/c1-2-22-16-5-3-4-6-17(16)23(19(22)24)11-15-12-25-18(21-15)13-7-9-14(20)10-8-13/h3-10,12H,2,11H2,1H3. The van der Waals surface area contributed by atoms with Crippen molar-refractivity contribution in [2.24, 2.45) is 0 Å². The predicted molar refractivity (Wildman–Crippen MR) is 98.5 cm³/mol. The average molecular weight is 353 g/mol. The van der Waals surface area contributed by atoms with Crippen molar-refractivity contribution in [3.8, 4) is 10.6 Å².